The lowest BCUT2D eigenvalue weighted by molar-refractivity contribution is 0.302. The van der Waals surface area contributed by atoms with Crippen LogP contribution in [0.4, 0.5) is 10.8 Å². The second kappa shape index (κ2) is 19.2. The first-order valence-corrected chi connectivity index (χ1v) is 15.3. The zero-order chi connectivity index (χ0) is 26.8. The van der Waals surface area contributed by atoms with Crippen molar-refractivity contribution < 1.29 is 4.74 Å². The molecule has 1 atom stereocenters. The Labute approximate surface area is 226 Å². The van der Waals surface area contributed by atoms with Gasteiger partial charge in [0.05, 0.1) is 18.0 Å². The van der Waals surface area contributed by atoms with Gasteiger partial charge in [-0.1, -0.05) is 109 Å². The fourth-order valence-corrected chi connectivity index (χ4v) is 4.52. The third-order valence-corrected chi connectivity index (χ3v) is 6.63. The number of nitrogens with two attached hydrogens (primary N) is 1. The van der Waals surface area contributed by atoms with E-state index >= 15 is 0 Å². The second-order valence-electron chi connectivity index (χ2n) is 8.57. The van der Waals surface area contributed by atoms with Crippen LogP contribution in [0.25, 0.3) is 11.3 Å². The lowest BCUT2D eigenvalue weighted by Crippen LogP contribution is -2.24. The van der Waals surface area contributed by atoms with Crippen LogP contribution in [0.3, 0.4) is 0 Å². The molecule has 2 aromatic carbocycles. The first-order chi connectivity index (χ1) is 17.5. The zero-order valence-electron chi connectivity index (χ0n) is 23.3. The monoisotopic (exact) mass is 529 g/mol. The van der Waals surface area contributed by atoms with Gasteiger partial charge in [-0.25, -0.2) is 10.8 Å². The maximum absolute atomic E-state index is 6.44. The molecule has 1 unspecified atom stereocenters. The number of aryl methyl sites for hydroxylation is 1. The minimum atomic E-state index is 0.743. The van der Waals surface area contributed by atoms with E-state index in [1.165, 1.54) is 49.7 Å². The van der Waals surface area contributed by atoms with Gasteiger partial charge >= 0.3 is 0 Å². The van der Waals surface area contributed by atoms with Gasteiger partial charge in [0.15, 0.2) is 0 Å². The number of unbranched alkanes of at least 4 members (excludes halogenated alkanes) is 5. The van der Waals surface area contributed by atoms with E-state index in [4.69, 9.17) is 15.6 Å². The molecule has 3 rings (SSSR count). The number of nitrogens with zero attached hydrogens (tertiary/aromatic N) is 2. The molecule has 0 fully saturated rings. The van der Waals surface area contributed by atoms with E-state index in [2.05, 4.69) is 67.3 Å². The van der Waals surface area contributed by atoms with Crippen molar-refractivity contribution in [2.45, 2.75) is 92.7 Å². The smallest absolute Gasteiger partial charge is 0.205 e. The molecule has 0 aliphatic carbocycles. The van der Waals surface area contributed by atoms with Crippen LogP contribution in [0.15, 0.2) is 47.8 Å². The van der Waals surface area contributed by atoms with Gasteiger partial charge in [-0.15, -0.1) is 20.6 Å². The summed E-state index contributed by atoms with van der Waals surface area (Å²) in [4.78, 5) is 4.74. The van der Waals surface area contributed by atoms with Crippen molar-refractivity contribution in [3.8, 4) is 17.0 Å². The number of thiazole rings is 1. The van der Waals surface area contributed by atoms with Crippen molar-refractivity contribution in [2.75, 3.05) is 11.6 Å². The average molecular weight is 530 g/mol. The number of rotatable bonds is 12. The summed E-state index contributed by atoms with van der Waals surface area (Å²) in [5, 5.41) is 4.45. The van der Waals surface area contributed by atoms with E-state index in [-0.39, 0.29) is 0 Å². The molecule has 2 N–H and O–H groups in total. The number of aromatic nitrogens is 1. The number of hydrogen-bond donors (Lipinski definition) is 1. The molecule has 6 heteroatoms. The molecular formula is C30H48N3OPS. The highest BCUT2D eigenvalue weighted by molar-refractivity contribution is 7.15. The fraction of sp³-hybridized carbons (Fsp3) is 0.500. The third kappa shape index (κ3) is 11.0. The quantitative estimate of drug-likeness (QED) is 0.110. The Morgan fingerprint density at radius 1 is 0.944 bits per heavy atom. The van der Waals surface area contributed by atoms with Crippen LogP contribution in [0.1, 0.15) is 90.7 Å². The van der Waals surface area contributed by atoms with E-state index in [0.717, 1.165) is 47.0 Å². The molecule has 0 spiro atoms. The zero-order valence-corrected chi connectivity index (χ0v) is 25.3. The average Bonchev–Trinajstić information content (AvgIpc) is 3.40. The van der Waals surface area contributed by atoms with Crippen molar-refractivity contribution in [3.05, 3.63) is 59.0 Å². The number of benzene rings is 2. The molecule has 0 bridgehead atoms. The van der Waals surface area contributed by atoms with Crippen LogP contribution in [-0.2, 0) is 6.16 Å². The molecule has 0 aliphatic rings. The molecule has 0 saturated carbocycles. The molecule has 0 saturated heterocycles. The summed E-state index contributed by atoms with van der Waals surface area (Å²) < 4.78 is 6.13. The van der Waals surface area contributed by atoms with Gasteiger partial charge in [0.1, 0.15) is 5.75 Å². The van der Waals surface area contributed by atoms with Gasteiger partial charge in [-0.3, -0.25) is 5.01 Å². The molecule has 200 valence electrons. The Kier molecular flexibility index (Phi) is 17.1. The standard InChI is InChI=1S/C25H34N3OPS.C3H8.C2H6/c1-3-4-5-6-7-8-15-29-24-16-22(14-13-21(24)17-30)28(26)25-27-23(18-31-25)20-11-9-19(2)10-12-20;1-3-2;1-2/h9-14,16,18H,3-8,15,17,26,30H2,1-2H3;3H2,1-2H3;1-2H3. The second-order valence-corrected chi connectivity index (χ2v) is 9.82. The van der Waals surface area contributed by atoms with E-state index in [1.54, 1.807) is 16.3 Å². The molecular weight excluding hydrogens is 481 g/mol. The number of anilines is 2. The first-order valence-electron chi connectivity index (χ1n) is 13.6. The van der Waals surface area contributed by atoms with Crippen LogP contribution in [0.5, 0.6) is 5.75 Å². The highest BCUT2D eigenvalue weighted by atomic mass is 32.1. The molecule has 4 nitrogen and oxygen atoms in total. The Bertz CT molecular complexity index is 959. The summed E-state index contributed by atoms with van der Waals surface area (Å²) in [5.74, 6) is 7.34. The summed E-state index contributed by atoms with van der Waals surface area (Å²) in [6.07, 6.45) is 9.63. The predicted octanol–water partition coefficient (Wildman–Crippen LogP) is 9.69. The minimum Gasteiger partial charge on any atom is -0.493 e. The Morgan fingerprint density at radius 2 is 1.58 bits per heavy atom. The first kappa shape index (κ1) is 32.1. The SMILES string of the molecule is CC.CCC.CCCCCCCCOc1cc(N(N)c2nc(-c3ccc(C)cc3)cs2)ccc1CP. The summed E-state index contributed by atoms with van der Waals surface area (Å²) in [7, 11) is 2.78. The molecule has 1 aromatic heterocycles. The summed E-state index contributed by atoms with van der Waals surface area (Å²) in [6.45, 7) is 13.3. The van der Waals surface area contributed by atoms with Crippen molar-refractivity contribution in [3.63, 3.8) is 0 Å². The molecule has 0 radical (unpaired) electrons. The number of ether oxygens (including phenoxy) is 1. The maximum atomic E-state index is 6.44. The highest BCUT2D eigenvalue weighted by Crippen LogP contribution is 2.33. The van der Waals surface area contributed by atoms with Crippen LogP contribution in [0, 0.1) is 6.92 Å². The molecule has 36 heavy (non-hydrogen) atoms. The number of hydrogen-bond acceptors (Lipinski definition) is 5. The largest absolute Gasteiger partial charge is 0.493 e. The topological polar surface area (TPSA) is 51.4 Å². The summed E-state index contributed by atoms with van der Waals surface area (Å²) >= 11 is 1.54. The van der Waals surface area contributed by atoms with Crippen molar-refractivity contribution in [1.29, 1.82) is 0 Å². The highest BCUT2D eigenvalue weighted by Gasteiger charge is 2.13. The van der Waals surface area contributed by atoms with Crippen molar-refractivity contribution >= 4 is 31.4 Å². The fourth-order valence-electron chi connectivity index (χ4n) is 3.40. The van der Waals surface area contributed by atoms with Gasteiger partial charge in [-0.05, 0) is 31.1 Å². The van der Waals surface area contributed by atoms with Crippen LogP contribution in [-0.4, -0.2) is 11.6 Å². The maximum Gasteiger partial charge on any atom is 0.205 e. The van der Waals surface area contributed by atoms with E-state index in [1.807, 2.05) is 31.4 Å². The van der Waals surface area contributed by atoms with Gasteiger partial charge in [0, 0.05) is 17.0 Å². The molecule has 1 heterocycles. The summed E-state index contributed by atoms with van der Waals surface area (Å²) in [6, 6.07) is 14.5. The van der Waals surface area contributed by atoms with E-state index < -0.39 is 0 Å². The van der Waals surface area contributed by atoms with E-state index in [0.29, 0.717) is 0 Å². The van der Waals surface area contributed by atoms with Crippen LogP contribution < -0.4 is 15.6 Å². The molecule has 0 amide bonds. The van der Waals surface area contributed by atoms with Gasteiger partial charge in [-0.2, -0.15) is 0 Å². The van der Waals surface area contributed by atoms with Crippen LogP contribution in [0.2, 0.25) is 0 Å². The van der Waals surface area contributed by atoms with Crippen molar-refractivity contribution in [1.82, 2.24) is 4.98 Å². The lowest BCUT2D eigenvalue weighted by Gasteiger charge is -2.18. The normalized spacial score (nSPS) is 10.1. The lowest BCUT2D eigenvalue weighted by atomic mass is 10.1. The van der Waals surface area contributed by atoms with Gasteiger partial charge in [0.2, 0.25) is 5.13 Å². The van der Waals surface area contributed by atoms with Crippen LogP contribution >= 0.6 is 20.6 Å². The molecule has 0 aliphatic heterocycles. The predicted molar refractivity (Wildman–Crippen MR) is 165 cm³/mol. The number of hydrazine groups is 1. The molecule has 3 aromatic rings. The Hall–Kier alpha value is -1.94. The van der Waals surface area contributed by atoms with Gasteiger partial charge < -0.3 is 4.74 Å². The van der Waals surface area contributed by atoms with Crippen molar-refractivity contribution in [2.24, 2.45) is 5.84 Å². The summed E-state index contributed by atoms with van der Waals surface area (Å²) in [5.41, 5.74) is 5.33. The van der Waals surface area contributed by atoms with Gasteiger partial charge in [0.25, 0.3) is 0 Å². The minimum absolute atomic E-state index is 0.743. The Morgan fingerprint density at radius 3 is 2.22 bits per heavy atom. The third-order valence-electron chi connectivity index (χ3n) is 5.35. The van der Waals surface area contributed by atoms with E-state index in [9.17, 15) is 0 Å². The Balaban J connectivity index is 0.00000120.